The molecule has 1 aromatic rings. The minimum absolute atomic E-state index is 0.153. The zero-order chi connectivity index (χ0) is 12.7. The number of amides is 1. The number of rotatable bonds is 6. The Morgan fingerprint density at radius 3 is 2.76 bits per heavy atom. The number of halogens is 1. The minimum atomic E-state index is 0.153. The summed E-state index contributed by atoms with van der Waals surface area (Å²) in [5.41, 5.74) is 1.03. The molecule has 0 bridgehead atoms. The van der Waals surface area contributed by atoms with E-state index in [0.29, 0.717) is 12.8 Å². The third kappa shape index (κ3) is 4.75. The van der Waals surface area contributed by atoms with Gasteiger partial charge in [0.05, 0.1) is 0 Å². The molecule has 0 atom stereocenters. The molecule has 0 spiro atoms. The van der Waals surface area contributed by atoms with Gasteiger partial charge in [0.1, 0.15) is 0 Å². The first-order valence-electron chi connectivity index (χ1n) is 5.77. The van der Waals surface area contributed by atoms with Gasteiger partial charge in [-0.05, 0) is 25.1 Å². The number of hydrogen-bond donors (Lipinski definition) is 1. The van der Waals surface area contributed by atoms with Crippen LogP contribution in [-0.4, -0.2) is 38.0 Å². The minimum Gasteiger partial charge on any atom is -0.344 e. The lowest BCUT2D eigenvalue weighted by Gasteiger charge is -2.16. The molecule has 0 unspecified atom stereocenters. The summed E-state index contributed by atoms with van der Waals surface area (Å²) in [5.74, 6) is 0.153. The van der Waals surface area contributed by atoms with Crippen LogP contribution in [0.3, 0.4) is 0 Å². The van der Waals surface area contributed by atoms with Gasteiger partial charge in [-0.2, -0.15) is 0 Å². The second-order valence-corrected chi connectivity index (χ2v) is 4.42. The van der Waals surface area contributed by atoms with Crippen LogP contribution in [0.1, 0.15) is 12.0 Å². The van der Waals surface area contributed by atoms with Gasteiger partial charge in [0.15, 0.2) is 0 Å². The van der Waals surface area contributed by atoms with E-state index >= 15 is 0 Å². The zero-order valence-electron chi connectivity index (χ0n) is 10.4. The Balaban J connectivity index is 2.40. The number of nitrogens with zero attached hydrogens (tertiary/aromatic N) is 1. The van der Waals surface area contributed by atoms with Crippen molar-refractivity contribution in [3.63, 3.8) is 0 Å². The molecule has 4 heteroatoms. The highest BCUT2D eigenvalue weighted by molar-refractivity contribution is 6.31. The van der Waals surface area contributed by atoms with E-state index in [1.807, 2.05) is 38.4 Å². The fourth-order valence-corrected chi connectivity index (χ4v) is 1.77. The number of carbonyl (C=O) groups excluding carboxylic acids is 1. The van der Waals surface area contributed by atoms with Crippen molar-refractivity contribution in [1.82, 2.24) is 10.2 Å². The first-order valence-corrected chi connectivity index (χ1v) is 6.15. The molecule has 0 radical (unpaired) electrons. The Bertz CT molecular complexity index is 368. The average Bonchev–Trinajstić information content (AvgIpc) is 2.34. The van der Waals surface area contributed by atoms with Crippen LogP contribution < -0.4 is 5.32 Å². The van der Waals surface area contributed by atoms with Gasteiger partial charge in [-0.3, -0.25) is 4.79 Å². The number of benzene rings is 1. The molecule has 0 aliphatic heterocycles. The van der Waals surface area contributed by atoms with Crippen LogP contribution in [0.15, 0.2) is 24.3 Å². The van der Waals surface area contributed by atoms with Crippen molar-refractivity contribution < 1.29 is 4.79 Å². The van der Waals surface area contributed by atoms with Gasteiger partial charge < -0.3 is 10.2 Å². The van der Waals surface area contributed by atoms with Crippen molar-refractivity contribution >= 4 is 17.5 Å². The summed E-state index contributed by atoms with van der Waals surface area (Å²) in [6.45, 7) is 1.55. The summed E-state index contributed by atoms with van der Waals surface area (Å²) in [5, 5.41) is 3.76. The molecule has 3 nitrogen and oxygen atoms in total. The molecule has 1 rings (SSSR count). The van der Waals surface area contributed by atoms with Gasteiger partial charge in [-0.15, -0.1) is 0 Å². The summed E-state index contributed by atoms with van der Waals surface area (Å²) < 4.78 is 0. The van der Waals surface area contributed by atoms with Gasteiger partial charge >= 0.3 is 0 Å². The maximum Gasteiger partial charge on any atom is 0.222 e. The lowest BCUT2D eigenvalue weighted by Crippen LogP contribution is -2.32. The van der Waals surface area contributed by atoms with E-state index in [4.69, 9.17) is 11.6 Å². The Labute approximate surface area is 108 Å². The molecule has 94 valence electrons. The first-order chi connectivity index (χ1) is 8.15. The van der Waals surface area contributed by atoms with E-state index in [0.717, 1.165) is 23.7 Å². The topological polar surface area (TPSA) is 32.3 Å². The Morgan fingerprint density at radius 1 is 1.41 bits per heavy atom. The molecule has 1 N–H and O–H groups in total. The summed E-state index contributed by atoms with van der Waals surface area (Å²) >= 11 is 6.04. The predicted octanol–water partition coefficient (Wildman–Crippen LogP) is 1.95. The Kier molecular flexibility index (Phi) is 6.01. The van der Waals surface area contributed by atoms with E-state index in [1.165, 1.54) is 0 Å². The third-order valence-corrected chi connectivity index (χ3v) is 3.06. The van der Waals surface area contributed by atoms with Crippen LogP contribution in [0.2, 0.25) is 5.02 Å². The molecule has 0 saturated heterocycles. The monoisotopic (exact) mass is 254 g/mol. The van der Waals surface area contributed by atoms with Gasteiger partial charge in [0.25, 0.3) is 0 Å². The lowest BCUT2D eigenvalue weighted by atomic mass is 10.1. The van der Waals surface area contributed by atoms with Gasteiger partial charge in [0.2, 0.25) is 5.91 Å². The molecule has 0 aliphatic carbocycles. The number of aryl methyl sites for hydroxylation is 1. The maximum absolute atomic E-state index is 11.8. The third-order valence-electron chi connectivity index (χ3n) is 2.69. The van der Waals surface area contributed by atoms with E-state index in [2.05, 4.69) is 5.32 Å². The SMILES string of the molecule is CNCCN(C)C(=O)CCc1ccccc1Cl. The fraction of sp³-hybridized carbons (Fsp3) is 0.462. The summed E-state index contributed by atoms with van der Waals surface area (Å²) in [6, 6.07) is 7.65. The van der Waals surface area contributed by atoms with Crippen LogP contribution in [0.5, 0.6) is 0 Å². The Hall–Kier alpha value is -1.06. The first kappa shape index (κ1) is 14.0. The largest absolute Gasteiger partial charge is 0.344 e. The van der Waals surface area contributed by atoms with Crippen LogP contribution >= 0.6 is 11.6 Å². The average molecular weight is 255 g/mol. The number of hydrogen-bond acceptors (Lipinski definition) is 2. The molecular formula is C13H19ClN2O. The van der Waals surface area contributed by atoms with Crippen molar-refractivity contribution in [3.05, 3.63) is 34.9 Å². The van der Waals surface area contributed by atoms with Gasteiger partial charge in [-0.1, -0.05) is 29.8 Å². The summed E-state index contributed by atoms with van der Waals surface area (Å²) in [4.78, 5) is 13.5. The van der Waals surface area contributed by atoms with E-state index in [1.54, 1.807) is 4.90 Å². The Morgan fingerprint density at radius 2 is 2.12 bits per heavy atom. The molecule has 0 saturated carbocycles. The van der Waals surface area contributed by atoms with Crippen molar-refractivity contribution in [2.24, 2.45) is 0 Å². The molecular weight excluding hydrogens is 236 g/mol. The highest BCUT2D eigenvalue weighted by Gasteiger charge is 2.09. The summed E-state index contributed by atoms with van der Waals surface area (Å²) in [6.07, 6.45) is 1.20. The van der Waals surface area contributed by atoms with Crippen LogP contribution in [-0.2, 0) is 11.2 Å². The number of nitrogens with one attached hydrogen (secondary N) is 1. The van der Waals surface area contributed by atoms with Gasteiger partial charge in [0, 0.05) is 31.6 Å². The second kappa shape index (κ2) is 7.30. The standard InChI is InChI=1S/C13H19ClN2O/c1-15-9-10-16(2)13(17)8-7-11-5-3-4-6-12(11)14/h3-6,15H,7-10H2,1-2H3. The lowest BCUT2D eigenvalue weighted by molar-refractivity contribution is -0.129. The number of carbonyl (C=O) groups is 1. The molecule has 0 fully saturated rings. The van der Waals surface area contributed by atoms with Crippen molar-refractivity contribution in [2.75, 3.05) is 27.2 Å². The highest BCUT2D eigenvalue weighted by atomic mass is 35.5. The van der Waals surface area contributed by atoms with Crippen LogP contribution in [0.25, 0.3) is 0 Å². The quantitative estimate of drug-likeness (QED) is 0.842. The summed E-state index contributed by atoms with van der Waals surface area (Å²) in [7, 11) is 3.70. The van der Waals surface area contributed by atoms with Crippen LogP contribution in [0.4, 0.5) is 0 Å². The molecule has 0 heterocycles. The second-order valence-electron chi connectivity index (χ2n) is 4.01. The van der Waals surface area contributed by atoms with Crippen molar-refractivity contribution in [2.45, 2.75) is 12.8 Å². The normalized spacial score (nSPS) is 10.3. The number of likely N-dealkylation sites (N-methyl/N-ethyl adjacent to an activating group) is 2. The van der Waals surface area contributed by atoms with Crippen molar-refractivity contribution in [3.8, 4) is 0 Å². The highest BCUT2D eigenvalue weighted by Crippen LogP contribution is 2.16. The van der Waals surface area contributed by atoms with Crippen LogP contribution in [0, 0.1) is 0 Å². The van der Waals surface area contributed by atoms with Gasteiger partial charge in [-0.25, -0.2) is 0 Å². The molecule has 0 aliphatic rings. The smallest absolute Gasteiger partial charge is 0.222 e. The molecule has 1 amide bonds. The maximum atomic E-state index is 11.8. The molecule has 1 aromatic carbocycles. The van der Waals surface area contributed by atoms with E-state index < -0.39 is 0 Å². The molecule has 17 heavy (non-hydrogen) atoms. The van der Waals surface area contributed by atoms with Crippen molar-refractivity contribution in [1.29, 1.82) is 0 Å². The zero-order valence-corrected chi connectivity index (χ0v) is 11.1. The van der Waals surface area contributed by atoms with E-state index in [-0.39, 0.29) is 5.91 Å². The fourth-order valence-electron chi connectivity index (χ4n) is 1.54. The molecule has 0 aromatic heterocycles. The predicted molar refractivity (Wildman–Crippen MR) is 71.3 cm³/mol. The van der Waals surface area contributed by atoms with E-state index in [9.17, 15) is 4.79 Å².